The van der Waals surface area contributed by atoms with Crippen LogP contribution in [0.1, 0.15) is 25.7 Å². The predicted molar refractivity (Wildman–Crippen MR) is 108 cm³/mol. The van der Waals surface area contributed by atoms with Crippen LogP contribution in [0.4, 0.5) is 0 Å². The summed E-state index contributed by atoms with van der Waals surface area (Å²) in [4.78, 5) is 37.7. The zero-order chi connectivity index (χ0) is 19.5. The van der Waals surface area contributed by atoms with Gasteiger partial charge in [0, 0.05) is 32.1 Å². The molecule has 1 aliphatic rings. The summed E-state index contributed by atoms with van der Waals surface area (Å²) in [5.41, 5.74) is 5.37. The summed E-state index contributed by atoms with van der Waals surface area (Å²) < 4.78 is 5.36. The number of nitrogens with zero attached hydrogens (tertiary/aromatic N) is 1. The predicted octanol–water partition coefficient (Wildman–Crippen LogP) is 0.450. The second kappa shape index (κ2) is 13.0. The molecule has 4 N–H and O–H groups in total. The molecule has 2 rings (SSSR count). The molecule has 1 saturated heterocycles. The quantitative estimate of drug-likeness (QED) is 0.545. The van der Waals surface area contributed by atoms with Gasteiger partial charge in [-0.25, -0.2) is 0 Å². The molecule has 1 fully saturated rings. The van der Waals surface area contributed by atoms with Gasteiger partial charge >= 0.3 is 0 Å². The highest BCUT2D eigenvalue weighted by Gasteiger charge is 2.27. The number of halogens is 1. The Morgan fingerprint density at radius 1 is 1.11 bits per heavy atom. The fraction of sp³-hybridized carbons (Fsp3) is 0.526. The number of nitrogens with one attached hydrogen (secondary N) is 2. The molecular weight excluding hydrogens is 384 g/mol. The number of likely N-dealkylation sites (tertiary alicyclic amines) is 1. The average Bonchev–Trinajstić information content (AvgIpc) is 2.70. The van der Waals surface area contributed by atoms with Gasteiger partial charge in [0.15, 0.2) is 6.61 Å². The Morgan fingerprint density at radius 3 is 2.57 bits per heavy atom. The van der Waals surface area contributed by atoms with Gasteiger partial charge < -0.3 is 26.0 Å². The molecule has 1 aromatic rings. The van der Waals surface area contributed by atoms with Crippen LogP contribution in [-0.4, -0.2) is 61.4 Å². The third-order valence-electron chi connectivity index (χ3n) is 4.40. The molecule has 0 aliphatic carbocycles. The summed E-state index contributed by atoms with van der Waals surface area (Å²) in [5.74, 6) is -0.0111. The van der Waals surface area contributed by atoms with Gasteiger partial charge in [-0.3, -0.25) is 14.4 Å². The van der Waals surface area contributed by atoms with Gasteiger partial charge in [-0.2, -0.15) is 0 Å². The second-order valence-electron chi connectivity index (χ2n) is 6.46. The maximum atomic E-state index is 12.5. The zero-order valence-corrected chi connectivity index (χ0v) is 16.7. The Morgan fingerprint density at radius 2 is 1.86 bits per heavy atom. The van der Waals surface area contributed by atoms with E-state index in [0.29, 0.717) is 25.4 Å². The number of amides is 3. The summed E-state index contributed by atoms with van der Waals surface area (Å²) in [7, 11) is 0. The minimum atomic E-state index is -0.350. The topological polar surface area (TPSA) is 114 Å². The smallest absolute Gasteiger partial charge is 0.258 e. The normalized spacial score (nSPS) is 15.9. The molecule has 0 bridgehead atoms. The molecule has 1 atom stereocenters. The zero-order valence-electron chi connectivity index (χ0n) is 15.9. The Hall–Kier alpha value is -2.32. The maximum absolute atomic E-state index is 12.5. The highest BCUT2D eigenvalue weighted by Crippen LogP contribution is 2.16. The van der Waals surface area contributed by atoms with Crippen molar-refractivity contribution in [2.24, 2.45) is 5.73 Å². The van der Waals surface area contributed by atoms with Crippen molar-refractivity contribution >= 4 is 30.1 Å². The highest BCUT2D eigenvalue weighted by molar-refractivity contribution is 5.86. The number of ether oxygens (including phenoxy) is 1. The molecule has 1 aromatic carbocycles. The van der Waals surface area contributed by atoms with Crippen molar-refractivity contribution in [1.29, 1.82) is 0 Å². The van der Waals surface area contributed by atoms with E-state index < -0.39 is 0 Å². The van der Waals surface area contributed by atoms with Gasteiger partial charge in [-0.05, 0) is 31.4 Å². The lowest BCUT2D eigenvalue weighted by molar-refractivity contribution is -0.136. The molecule has 0 saturated carbocycles. The first-order valence-electron chi connectivity index (χ1n) is 9.31. The van der Waals surface area contributed by atoms with Crippen molar-refractivity contribution in [3.05, 3.63) is 30.3 Å². The van der Waals surface area contributed by atoms with Crippen molar-refractivity contribution in [1.82, 2.24) is 15.5 Å². The second-order valence-corrected chi connectivity index (χ2v) is 6.46. The van der Waals surface area contributed by atoms with E-state index in [2.05, 4.69) is 10.6 Å². The minimum absolute atomic E-state index is 0. The van der Waals surface area contributed by atoms with E-state index in [-0.39, 0.29) is 55.7 Å². The number of rotatable bonds is 9. The van der Waals surface area contributed by atoms with Crippen molar-refractivity contribution in [3.8, 4) is 5.75 Å². The monoisotopic (exact) mass is 412 g/mol. The number of hydrogen-bond donors (Lipinski definition) is 3. The third-order valence-corrected chi connectivity index (χ3v) is 4.40. The van der Waals surface area contributed by atoms with Crippen LogP contribution >= 0.6 is 12.4 Å². The summed E-state index contributed by atoms with van der Waals surface area (Å²) in [6, 6.07) is 8.97. The molecule has 0 radical (unpaired) electrons. The van der Waals surface area contributed by atoms with Crippen molar-refractivity contribution in [2.45, 2.75) is 31.7 Å². The Bertz CT molecular complexity index is 630. The summed E-state index contributed by atoms with van der Waals surface area (Å²) in [6.07, 6.45) is 3.04. The fourth-order valence-electron chi connectivity index (χ4n) is 2.98. The third kappa shape index (κ3) is 8.14. The summed E-state index contributed by atoms with van der Waals surface area (Å²) >= 11 is 0. The lowest BCUT2D eigenvalue weighted by atomic mass is 10.0. The van der Waals surface area contributed by atoms with Crippen LogP contribution in [0.15, 0.2) is 30.3 Å². The van der Waals surface area contributed by atoms with Crippen LogP contribution in [0.25, 0.3) is 0 Å². The van der Waals surface area contributed by atoms with E-state index in [0.717, 1.165) is 19.3 Å². The minimum Gasteiger partial charge on any atom is -0.484 e. The number of para-hydroxylation sites is 1. The molecular formula is C19H29ClN4O4. The molecule has 28 heavy (non-hydrogen) atoms. The molecule has 1 unspecified atom stereocenters. The van der Waals surface area contributed by atoms with Crippen LogP contribution in [0.2, 0.25) is 0 Å². The first-order valence-corrected chi connectivity index (χ1v) is 9.31. The lowest BCUT2D eigenvalue weighted by Gasteiger charge is -2.36. The first kappa shape index (κ1) is 23.7. The van der Waals surface area contributed by atoms with Gasteiger partial charge in [0.05, 0.1) is 6.54 Å². The number of nitrogens with two attached hydrogens (primary N) is 1. The molecule has 8 nitrogen and oxygen atoms in total. The number of carbonyl (C=O) groups is 3. The summed E-state index contributed by atoms with van der Waals surface area (Å²) in [5, 5.41) is 5.42. The standard InChI is InChI=1S/C19H28N4O4.ClH/c20-10-9-17(24)21-12-15-6-4-5-11-23(15)19(26)13-22-18(25)14-27-16-7-2-1-3-8-16;/h1-3,7-8,15H,4-6,9-14,20H2,(H,21,24)(H,22,25);1H. The Balaban J connectivity index is 0.00000392. The van der Waals surface area contributed by atoms with E-state index in [1.54, 1.807) is 17.0 Å². The van der Waals surface area contributed by atoms with Crippen LogP contribution in [0, 0.1) is 0 Å². The van der Waals surface area contributed by atoms with Crippen molar-refractivity contribution in [3.63, 3.8) is 0 Å². The molecule has 3 amide bonds. The number of piperidine rings is 1. The first-order chi connectivity index (χ1) is 13.1. The SMILES string of the molecule is Cl.NCCC(=O)NCC1CCCCN1C(=O)CNC(=O)COc1ccccc1. The molecule has 156 valence electrons. The Labute approximate surface area is 171 Å². The van der Waals surface area contributed by atoms with Crippen LogP contribution < -0.4 is 21.1 Å². The molecule has 0 spiro atoms. The Kier molecular flexibility index (Phi) is 11.0. The van der Waals surface area contributed by atoms with E-state index in [1.807, 2.05) is 18.2 Å². The maximum Gasteiger partial charge on any atom is 0.258 e. The van der Waals surface area contributed by atoms with Crippen molar-refractivity contribution in [2.75, 3.05) is 32.8 Å². The van der Waals surface area contributed by atoms with Crippen LogP contribution in [0.3, 0.4) is 0 Å². The number of carbonyl (C=O) groups excluding carboxylic acids is 3. The van der Waals surface area contributed by atoms with E-state index in [9.17, 15) is 14.4 Å². The number of hydrogen-bond acceptors (Lipinski definition) is 5. The number of benzene rings is 1. The van der Waals surface area contributed by atoms with Gasteiger partial charge in [0.2, 0.25) is 11.8 Å². The fourth-order valence-corrected chi connectivity index (χ4v) is 2.98. The van der Waals surface area contributed by atoms with Crippen molar-refractivity contribution < 1.29 is 19.1 Å². The summed E-state index contributed by atoms with van der Waals surface area (Å²) in [6.45, 7) is 1.12. The van der Waals surface area contributed by atoms with Gasteiger partial charge in [-0.15, -0.1) is 12.4 Å². The molecule has 0 aromatic heterocycles. The molecule has 9 heteroatoms. The van der Waals surface area contributed by atoms with Gasteiger partial charge in [0.25, 0.3) is 5.91 Å². The molecule has 1 heterocycles. The van der Waals surface area contributed by atoms with E-state index in [1.165, 1.54) is 0 Å². The van der Waals surface area contributed by atoms with Crippen LogP contribution in [-0.2, 0) is 14.4 Å². The highest BCUT2D eigenvalue weighted by atomic mass is 35.5. The van der Waals surface area contributed by atoms with Crippen LogP contribution in [0.5, 0.6) is 5.75 Å². The lowest BCUT2D eigenvalue weighted by Crippen LogP contribution is -2.52. The van der Waals surface area contributed by atoms with E-state index in [4.69, 9.17) is 10.5 Å². The van der Waals surface area contributed by atoms with Gasteiger partial charge in [-0.1, -0.05) is 18.2 Å². The largest absolute Gasteiger partial charge is 0.484 e. The molecule has 1 aliphatic heterocycles. The average molecular weight is 413 g/mol. The van der Waals surface area contributed by atoms with Gasteiger partial charge in [0.1, 0.15) is 5.75 Å². The van der Waals surface area contributed by atoms with E-state index >= 15 is 0 Å².